The molecule has 1 N–H and O–H groups in total. The second kappa shape index (κ2) is 18.5. The Bertz CT molecular complexity index is 299. The molecule has 0 fully saturated rings. The first-order chi connectivity index (χ1) is 11.7. The highest BCUT2D eigenvalue weighted by Crippen LogP contribution is 2.12. The zero-order valence-corrected chi connectivity index (χ0v) is 16.1. The number of esters is 1. The smallest absolute Gasteiger partial charge is 0.305 e. The monoisotopic (exact) mass is 340 g/mol. The summed E-state index contributed by atoms with van der Waals surface area (Å²) < 4.78 is 5.05. The number of hydrogen-bond donors (Lipinski definition) is 1. The molecular formula is C21H40O3. The largest absolute Gasteiger partial charge is 0.466 e. The molecule has 0 saturated carbocycles. The predicted octanol–water partition coefficient (Wildman–Crippen LogP) is 5.95. The Morgan fingerprint density at radius 1 is 0.917 bits per heavy atom. The van der Waals surface area contributed by atoms with Crippen molar-refractivity contribution in [3.63, 3.8) is 0 Å². The van der Waals surface area contributed by atoms with E-state index in [0.29, 0.717) is 13.0 Å². The zero-order chi connectivity index (χ0) is 17.9. The van der Waals surface area contributed by atoms with Gasteiger partial charge in [-0.2, -0.15) is 0 Å². The number of rotatable bonds is 17. The third-order valence-corrected chi connectivity index (χ3v) is 4.18. The maximum atomic E-state index is 11.3. The van der Waals surface area contributed by atoms with Crippen LogP contribution in [0.1, 0.15) is 104 Å². The van der Waals surface area contributed by atoms with Crippen LogP contribution >= 0.6 is 0 Å². The quantitative estimate of drug-likeness (QED) is 0.202. The Labute approximate surface area is 149 Å². The van der Waals surface area contributed by atoms with Gasteiger partial charge in [0.1, 0.15) is 0 Å². The van der Waals surface area contributed by atoms with Crippen molar-refractivity contribution in [2.24, 2.45) is 0 Å². The van der Waals surface area contributed by atoms with Gasteiger partial charge in [0, 0.05) is 6.42 Å². The summed E-state index contributed by atoms with van der Waals surface area (Å²) in [5.74, 6) is -0.0530. The molecule has 1 unspecified atom stereocenters. The summed E-state index contributed by atoms with van der Waals surface area (Å²) in [5.41, 5.74) is 0. The topological polar surface area (TPSA) is 46.5 Å². The van der Waals surface area contributed by atoms with E-state index in [2.05, 4.69) is 19.1 Å². The first kappa shape index (κ1) is 23.2. The molecule has 0 spiro atoms. The fourth-order valence-electron chi connectivity index (χ4n) is 2.65. The van der Waals surface area contributed by atoms with Crippen molar-refractivity contribution in [3.05, 3.63) is 12.2 Å². The van der Waals surface area contributed by atoms with Crippen LogP contribution in [0, 0.1) is 0 Å². The second-order valence-corrected chi connectivity index (χ2v) is 6.74. The summed E-state index contributed by atoms with van der Waals surface area (Å²) >= 11 is 0. The zero-order valence-electron chi connectivity index (χ0n) is 16.1. The highest BCUT2D eigenvalue weighted by atomic mass is 16.5. The number of aliphatic hydroxyl groups excluding tert-OH is 1. The molecule has 0 aliphatic heterocycles. The lowest BCUT2D eigenvalue weighted by Crippen LogP contribution is -2.05. The van der Waals surface area contributed by atoms with Gasteiger partial charge in [-0.05, 0) is 38.5 Å². The van der Waals surface area contributed by atoms with Gasteiger partial charge in [-0.1, -0.05) is 70.9 Å². The standard InChI is InChI=1S/C21H40O3/c1-3-5-6-7-10-13-16-20(22)17-14-11-8-9-12-15-18-21(23)24-19-4-2/h10,13,20,22H,3-9,11-12,14-19H2,1-2H3/b13-10-. The number of hydrogen-bond acceptors (Lipinski definition) is 3. The van der Waals surface area contributed by atoms with Crippen LogP contribution in [0.2, 0.25) is 0 Å². The van der Waals surface area contributed by atoms with Gasteiger partial charge in [0.15, 0.2) is 0 Å². The lowest BCUT2D eigenvalue weighted by molar-refractivity contribution is -0.143. The van der Waals surface area contributed by atoms with Gasteiger partial charge in [-0.15, -0.1) is 0 Å². The van der Waals surface area contributed by atoms with E-state index in [1.807, 2.05) is 6.92 Å². The van der Waals surface area contributed by atoms with Crippen molar-refractivity contribution in [1.82, 2.24) is 0 Å². The first-order valence-electron chi connectivity index (χ1n) is 10.2. The summed E-state index contributed by atoms with van der Waals surface area (Å²) in [7, 11) is 0. The molecule has 3 nitrogen and oxygen atoms in total. The molecule has 24 heavy (non-hydrogen) atoms. The average Bonchev–Trinajstić information content (AvgIpc) is 2.58. The fraction of sp³-hybridized carbons (Fsp3) is 0.857. The average molecular weight is 341 g/mol. The minimum Gasteiger partial charge on any atom is -0.466 e. The minimum atomic E-state index is -0.180. The van der Waals surface area contributed by atoms with Crippen LogP contribution in [-0.4, -0.2) is 23.8 Å². The maximum Gasteiger partial charge on any atom is 0.305 e. The molecule has 0 heterocycles. The number of carbonyl (C=O) groups is 1. The Balaban J connectivity index is 3.30. The molecule has 0 aliphatic carbocycles. The third-order valence-electron chi connectivity index (χ3n) is 4.18. The van der Waals surface area contributed by atoms with E-state index in [4.69, 9.17) is 4.74 Å². The molecular weight excluding hydrogens is 300 g/mol. The van der Waals surface area contributed by atoms with Crippen molar-refractivity contribution in [2.45, 2.75) is 110 Å². The van der Waals surface area contributed by atoms with E-state index in [1.165, 1.54) is 38.5 Å². The molecule has 1 atom stereocenters. The summed E-state index contributed by atoms with van der Waals surface area (Å²) in [4.78, 5) is 11.3. The highest BCUT2D eigenvalue weighted by molar-refractivity contribution is 5.69. The maximum absolute atomic E-state index is 11.3. The van der Waals surface area contributed by atoms with Crippen molar-refractivity contribution >= 4 is 5.97 Å². The number of aliphatic hydroxyl groups is 1. The fourth-order valence-corrected chi connectivity index (χ4v) is 2.65. The molecule has 0 aliphatic rings. The van der Waals surface area contributed by atoms with Gasteiger partial charge in [0.2, 0.25) is 0 Å². The number of allylic oxidation sites excluding steroid dienone is 1. The minimum absolute atomic E-state index is 0.0530. The summed E-state index contributed by atoms with van der Waals surface area (Å²) in [6, 6.07) is 0. The molecule has 0 radical (unpaired) electrons. The molecule has 3 heteroatoms. The summed E-state index contributed by atoms with van der Waals surface area (Å²) in [6.07, 6.45) is 19.0. The molecule has 0 amide bonds. The van der Waals surface area contributed by atoms with Crippen LogP contribution in [0.3, 0.4) is 0 Å². The molecule has 0 saturated heterocycles. The van der Waals surface area contributed by atoms with Crippen molar-refractivity contribution < 1.29 is 14.6 Å². The van der Waals surface area contributed by atoms with E-state index in [-0.39, 0.29) is 12.1 Å². The van der Waals surface area contributed by atoms with Gasteiger partial charge in [0.25, 0.3) is 0 Å². The van der Waals surface area contributed by atoms with Crippen molar-refractivity contribution in [2.75, 3.05) is 6.61 Å². The molecule has 0 aromatic carbocycles. The van der Waals surface area contributed by atoms with Crippen LogP contribution in [0.15, 0.2) is 12.2 Å². The van der Waals surface area contributed by atoms with Gasteiger partial charge in [0.05, 0.1) is 12.7 Å². The van der Waals surface area contributed by atoms with Crippen LogP contribution in [0.25, 0.3) is 0 Å². The van der Waals surface area contributed by atoms with Crippen LogP contribution in [-0.2, 0) is 9.53 Å². The first-order valence-corrected chi connectivity index (χ1v) is 10.2. The van der Waals surface area contributed by atoms with E-state index >= 15 is 0 Å². The van der Waals surface area contributed by atoms with Gasteiger partial charge >= 0.3 is 5.97 Å². The third kappa shape index (κ3) is 17.5. The Morgan fingerprint density at radius 3 is 2.33 bits per heavy atom. The van der Waals surface area contributed by atoms with Crippen LogP contribution in [0.5, 0.6) is 0 Å². The van der Waals surface area contributed by atoms with Crippen molar-refractivity contribution in [3.8, 4) is 0 Å². The van der Waals surface area contributed by atoms with E-state index in [1.54, 1.807) is 0 Å². The lowest BCUT2D eigenvalue weighted by atomic mass is 10.0. The number of carbonyl (C=O) groups excluding carboxylic acids is 1. The molecule has 142 valence electrons. The van der Waals surface area contributed by atoms with Crippen LogP contribution in [0.4, 0.5) is 0 Å². The van der Waals surface area contributed by atoms with Crippen molar-refractivity contribution in [1.29, 1.82) is 0 Å². The van der Waals surface area contributed by atoms with Gasteiger partial charge < -0.3 is 9.84 Å². The highest BCUT2D eigenvalue weighted by Gasteiger charge is 2.03. The molecule has 0 aromatic rings. The molecule has 0 bridgehead atoms. The Morgan fingerprint density at radius 2 is 1.62 bits per heavy atom. The van der Waals surface area contributed by atoms with Crippen LogP contribution < -0.4 is 0 Å². The van der Waals surface area contributed by atoms with E-state index in [9.17, 15) is 9.90 Å². The molecule has 0 rings (SSSR count). The number of unbranched alkanes of at least 4 members (excludes halogenated alkanes) is 8. The second-order valence-electron chi connectivity index (χ2n) is 6.74. The summed E-state index contributed by atoms with van der Waals surface area (Å²) in [6.45, 7) is 4.78. The predicted molar refractivity (Wildman–Crippen MR) is 102 cm³/mol. The normalized spacial score (nSPS) is 12.6. The van der Waals surface area contributed by atoms with Gasteiger partial charge in [-0.25, -0.2) is 0 Å². The van der Waals surface area contributed by atoms with E-state index in [0.717, 1.165) is 44.9 Å². The summed E-state index contributed by atoms with van der Waals surface area (Å²) in [5, 5.41) is 9.92. The Hall–Kier alpha value is -0.830. The van der Waals surface area contributed by atoms with E-state index < -0.39 is 0 Å². The number of ether oxygens (including phenoxy) is 1. The SMILES string of the molecule is CCCCC/C=C\CC(O)CCCCCCCCC(=O)OCCC. The lowest BCUT2D eigenvalue weighted by Gasteiger charge is -2.07. The van der Waals surface area contributed by atoms with Gasteiger partial charge in [-0.3, -0.25) is 4.79 Å². The Kier molecular flexibility index (Phi) is 17.9. The molecule has 0 aromatic heterocycles.